The van der Waals surface area contributed by atoms with Crippen molar-refractivity contribution >= 4 is 31.3 Å². The fourth-order valence-corrected chi connectivity index (χ4v) is 2.86. The molecule has 0 aromatic heterocycles. The van der Waals surface area contributed by atoms with Gasteiger partial charge in [0.05, 0.1) is 10.6 Å². The Hall–Kier alpha value is -1.27. The fraction of sp³-hybridized carbons (Fsp3) is 0.462. The van der Waals surface area contributed by atoms with Gasteiger partial charge in [0.1, 0.15) is 5.75 Å². The van der Waals surface area contributed by atoms with Crippen LogP contribution >= 0.6 is 10.7 Å². The number of anilines is 1. The molecule has 2 rings (SSSR count). The highest BCUT2D eigenvalue weighted by Gasteiger charge is 2.32. The van der Waals surface area contributed by atoms with Gasteiger partial charge in [-0.1, -0.05) is 13.3 Å². The molecule has 0 bridgehead atoms. The van der Waals surface area contributed by atoms with Gasteiger partial charge < -0.3 is 9.64 Å². The van der Waals surface area contributed by atoms with E-state index >= 15 is 0 Å². The van der Waals surface area contributed by atoms with E-state index in [2.05, 4.69) is 0 Å². The van der Waals surface area contributed by atoms with Gasteiger partial charge in [-0.3, -0.25) is 4.79 Å². The monoisotopic (exact) mass is 317 g/mol. The first-order valence-electron chi connectivity index (χ1n) is 6.41. The highest BCUT2D eigenvalue weighted by molar-refractivity contribution is 8.13. The van der Waals surface area contributed by atoms with Crippen LogP contribution in [0.15, 0.2) is 23.1 Å². The van der Waals surface area contributed by atoms with Crippen molar-refractivity contribution in [2.45, 2.75) is 37.7 Å². The van der Waals surface area contributed by atoms with Gasteiger partial charge in [0.15, 0.2) is 6.10 Å². The third kappa shape index (κ3) is 2.91. The van der Waals surface area contributed by atoms with Crippen LogP contribution in [-0.2, 0) is 13.8 Å². The second-order valence-electron chi connectivity index (χ2n) is 4.67. The summed E-state index contributed by atoms with van der Waals surface area (Å²) in [6.07, 6.45) is 1.19. The minimum absolute atomic E-state index is 0.0367. The van der Waals surface area contributed by atoms with Crippen LogP contribution in [0.5, 0.6) is 5.75 Å². The Morgan fingerprint density at radius 2 is 2.10 bits per heavy atom. The van der Waals surface area contributed by atoms with Gasteiger partial charge in [-0.2, -0.15) is 0 Å². The summed E-state index contributed by atoms with van der Waals surface area (Å²) in [5, 5.41) is 0. The smallest absolute Gasteiger partial charge is 0.267 e. The maximum atomic E-state index is 12.2. The molecule has 1 unspecified atom stereocenters. The van der Waals surface area contributed by atoms with Crippen molar-refractivity contribution in [3.63, 3.8) is 0 Å². The molecule has 0 saturated heterocycles. The van der Waals surface area contributed by atoms with Crippen molar-refractivity contribution in [1.29, 1.82) is 0 Å². The number of halogens is 1. The Balaban J connectivity index is 2.48. The zero-order valence-electron chi connectivity index (χ0n) is 11.3. The van der Waals surface area contributed by atoms with E-state index in [0.717, 1.165) is 12.8 Å². The van der Waals surface area contributed by atoms with Crippen molar-refractivity contribution < 1.29 is 17.9 Å². The molecule has 0 fully saturated rings. The van der Waals surface area contributed by atoms with Crippen LogP contribution in [0, 0.1) is 0 Å². The largest absolute Gasteiger partial charge is 0.479 e. The number of amides is 1. The highest BCUT2D eigenvalue weighted by atomic mass is 35.7. The number of unbranched alkanes of at least 4 members (excludes halogenated alkanes) is 1. The lowest BCUT2D eigenvalue weighted by atomic mass is 10.1. The number of benzene rings is 1. The maximum absolute atomic E-state index is 12.2. The average Bonchev–Trinajstić information content (AvgIpc) is 2.38. The molecule has 0 N–H and O–H groups in total. The molecule has 7 heteroatoms. The normalized spacial score (nSPS) is 18.6. The summed E-state index contributed by atoms with van der Waals surface area (Å²) in [5.74, 6) is 0.326. The van der Waals surface area contributed by atoms with E-state index in [9.17, 15) is 13.2 Å². The summed E-state index contributed by atoms with van der Waals surface area (Å²) in [5.41, 5.74) is 0.461. The van der Waals surface area contributed by atoms with Crippen molar-refractivity contribution in [1.82, 2.24) is 0 Å². The van der Waals surface area contributed by atoms with Crippen LogP contribution in [0.1, 0.15) is 26.7 Å². The third-order valence-corrected chi connectivity index (χ3v) is 4.51. The van der Waals surface area contributed by atoms with Crippen LogP contribution in [0.25, 0.3) is 0 Å². The first kappa shape index (κ1) is 15.1. The SMILES string of the molecule is CCCCN1C(=O)C(C)Oc2ccc(S(=O)(=O)Cl)cc21. The number of ether oxygens (including phenoxy) is 1. The molecule has 20 heavy (non-hydrogen) atoms. The number of nitrogens with zero attached hydrogens (tertiary/aromatic N) is 1. The Bertz CT molecular complexity index is 629. The standard InChI is InChI=1S/C13H16ClNO4S/c1-3-4-7-15-11-8-10(20(14,17)18)5-6-12(11)19-9(2)13(15)16/h5-6,8-9H,3-4,7H2,1-2H3. The summed E-state index contributed by atoms with van der Waals surface area (Å²) >= 11 is 0. The Kier molecular flexibility index (Phi) is 4.25. The van der Waals surface area contributed by atoms with E-state index in [4.69, 9.17) is 15.4 Å². The zero-order valence-corrected chi connectivity index (χ0v) is 12.9. The number of carbonyl (C=O) groups excluding carboxylic acids is 1. The maximum Gasteiger partial charge on any atom is 0.267 e. The molecule has 1 aromatic rings. The molecule has 5 nitrogen and oxygen atoms in total. The minimum atomic E-state index is -3.83. The van der Waals surface area contributed by atoms with Gasteiger partial charge in [0.25, 0.3) is 15.0 Å². The summed E-state index contributed by atoms with van der Waals surface area (Å²) in [6, 6.07) is 4.30. The minimum Gasteiger partial charge on any atom is -0.479 e. The third-order valence-electron chi connectivity index (χ3n) is 3.16. The molecule has 1 heterocycles. The number of hydrogen-bond acceptors (Lipinski definition) is 4. The van der Waals surface area contributed by atoms with E-state index < -0.39 is 15.2 Å². The molecular formula is C13H16ClNO4S. The van der Waals surface area contributed by atoms with Gasteiger partial charge in [-0.15, -0.1) is 0 Å². The number of carbonyl (C=O) groups is 1. The predicted molar refractivity (Wildman–Crippen MR) is 76.8 cm³/mol. The zero-order chi connectivity index (χ0) is 14.9. The number of hydrogen-bond donors (Lipinski definition) is 0. The summed E-state index contributed by atoms with van der Waals surface area (Å²) in [7, 11) is 1.51. The molecule has 1 aliphatic heterocycles. The molecule has 1 amide bonds. The van der Waals surface area contributed by atoms with Crippen LogP contribution in [0.4, 0.5) is 5.69 Å². The van der Waals surface area contributed by atoms with Gasteiger partial charge in [0, 0.05) is 17.2 Å². The molecule has 110 valence electrons. The van der Waals surface area contributed by atoms with E-state index in [1.54, 1.807) is 11.8 Å². The lowest BCUT2D eigenvalue weighted by Gasteiger charge is -2.33. The molecule has 1 aliphatic rings. The van der Waals surface area contributed by atoms with Crippen LogP contribution in [0.3, 0.4) is 0 Å². The molecule has 0 aliphatic carbocycles. The predicted octanol–water partition coefficient (Wildman–Crippen LogP) is 2.53. The van der Waals surface area contributed by atoms with Gasteiger partial charge in [0.2, 0.25) is 0 Å². The van der Waals surface area contributed by atoms with Gasteiger partial charge >= 0.3 is 0 Å². The van der Waals surface area contributed by atoms with Crippen molar-refractivity contribution in [2.75, 3.05) is 11.4 Å². The molecule has 1 aromatic carbocycles. The van der Waals surface area contributed by atoms with E-state index in [0.29, 0.717) is 18.0 Å². The Labute approximate surface area is 122 Å². The second kappa shape index (κ2) is 5.61. The van der Waals surface area contributed by atoms with Crippen molar-refractivity contribution in [2.24, 2.45) is 0 Å². The molecule has 0 saturated carbocycles. The molecular weight excluding hydrogens is 302 g/mol. The average molecular weight is 318 g/mol. The van der Waals surface area contributed by atoms with Crippen LogP contribution < -0.4 is 9.64 Å². The topological polar surface area (TPSA) is 63.7 Å². The lowest BCUT2D eigenvalue weighted by Crippen LogP contribution is -2.44. The van der Waals surface area contributed by atoms with E-state index in [-0.39, 0.29) is 10.8 Å². The Morgan fingerprint density at radius 3 is 2.70 bits per heavy atom. The van der Waals surface area contributed by atoms with Crippen molar-refractivity contribution in [3.8, 4) is 5.75 Å². The van der Waals surface area contributed by atoms with Crippen LogP contribution in [0.2, 0.25) is 0 Å². The summed E-state index contributed by atoms with van der Waals surface area (Å²) < 4.78 is 28.3. The Morgan fingerprint density at radius 1 is 1.40 bits per heavy atom. The number of rotatable bonds is 4. The van der Waals surface area contributed by atoms with E-state index in [1.165, 1.54) is 18.2 Å². The second-order valence-corrected chi connectivity index (χ2v) is 7.24. The first-order valence-corrected chi connectivity index (χ1v) is 8.72. The van der Waals surface area contributed by atoms with Crippen molar-refractivity contribution in [3.05, 3.63) is 18.2 Å². The van der Waals surface area contributed by atoms with Gasteiger partial charge in [-0.25, -0.2) is 8.42 Å². The quantitative estimate of drug-likeness (QED) is 0.800. The highest BCUT2D eigenvalue weighted by Crippen LogP contribution is 2.36. The lowest BCUT2D eigenvalue weighted by molar-refractivity contribution is -0.125. The first-order chi connectivity index (χ1) is 9.34. The van der Waals surface area contributed by atoms with E-state index in [1.807, 2.05) is 6.92 Å². The molecule has 0 spiro atoms. The van der Waals surface area contributed by atoms with Gasteiger partial charge in [-0.05, 0) is 31.5 Å². The molecule has 0 radical (unpaired) electrons. The summed E-state index contributed by atoms with van der Waals surface area (Å²) in [4.78, 5) is 13.7. The number of fused-ring (bicyclic) bond motifs is 1. The summed E-state index contributed by atoms with van der Waals surface area (Å²) in [6.45, 7) is 4.23. The fourth-order valence-electron chi connectivity index (χ4n) is 2.09. The van der Waals surface area contributed by atoms with Crippen LogP contribution in [-0.4, -0.2) is 27.0 Å². The molecule has 1 atom stereocenters.